The van der Waals surface area contributed by atoms with Crippen LogP contribution in [-0.4, -0.2) is 23.5 Å². The molecule has 23 heavy (non-hydrogen) atoms. The maximum atomic E-state index is 12.9. The van der Waals surface area contributed by atoms with Gasteiger partial charge >= 0.3 is 0 Å². The summed E-state index contributed by atoms with van der Waals surface area (Å²) in [4.78, 5) is 29.7. The summed E-state index contributed by atoms with van der Waals surface area (Å²) in [6.45, 7) is 2.34. The number of aromatic amines is 1. The predicted octanol–water partition coefficient (Wildman–Crippen LogP) is 2.68. The molecular formula is C18H18N2O3. The lowest BCUT2D eigenvalue weighted by molar-refractivity contribution is 0.0959. The number of para-hydroxylation sites is 2. The number of ether oxygens (including phenoxy) is 1. The summed E-state index contributed by atoms with van der Waals surface area (Å²) in [5.41, 5.74) is 1.51. The normalized spacial score (nSPS) is 19.9. The molecule has 1 saturated carbocycles. The lowest BCUT2D eigenvalue weighted by Crippen LogP contribution is -2.44. The van der Waals surface area contributed by atoms with Crippen molar-refractivity contribution in [3.8, 4) is 5.75 Å². The molecule has 1 N–H and O–H groups in total. The van der Waals surface area contributed by atoms with Crippen molar-refractivity contribution in [1.82, 2.24) is 4.98 Å². The van der Waals surface area contributed by atoms with Crippen molar-refractivity contribution in [3.05, 3.63) is 58.0 Å². The Morgan fingerprint density at radius 2 is 2.00 bits per heavy atom. The van der Waals surface area contributed by atoms with Crippen LogP contribution in [0.2, 0.25) is 0 Å². The van der Waals surface area contributed by atoms with Gasteiger partial charge in [-0.1, -0.05) is 12.1 Å². The van der Waals surface area contributed by atoms with E-state index in [0.717, 1.165) is 18.5 Å². The van der Waals surface area contributed by atoms with Crippen molar-refractivity contribution in [2.24, 2.45) is 0 Å². The Balaban J connectivity index is 1.70. The lowest BCUT2D eigenvalue weighted by Gasteiger charge is -2.33. The van der Waals surface area contributed by atoms with Crippen LogP contribution in [0.15, 0.2) is 41.2 Å². The van der Waals surface area contributed by atoms with E-state index in [1.807, 2.05) is 37.3 Å². The van der Waals surface area contributed by atoms with E-state index < -0.39 is 0 Å². The van der Waals surface area contributed by atoms with Crippen LogP contribution in [0.25, 0.3) is 0 Å². The average molecular weight is 310 g/mol. The van der Waals surface area contributed by atoms with Crippen LogP contribution in [0.3, 0.4) is 0 Å². The molecule has 1 aliphatic heterocycles. The number of fused-ring (bicyclic) bond motifs is 1. The Morgan fingerprint density at radius 3 is 2.74 bits per heavy atom. The molecule has 0 saturated heterocycles. The molecule has 4 rings (SSSR count). The van der Waals surface area contributed by atoms with E-state index in [-0.39, 0.29) is 23.1 Å². The maximum Gasteiger partial charge on any atom is 0.264 e. The first-order valence-electron chi connectivity index (χ1n) is 7.94. The van der Waals surface area contributed by atoms with Crippen LogP contribution < -0.4 is 15.2 Å². The average Bonchev–Trinajstić information content (AvgIpc) is 3.38. The first-order chi connectivity index (χ1) is 11.1. The summed E-state index contributed by atoms with van der Waals surface area (Å²) in [5, 5.41) is 0. The zero-order valence-electron chi connectivity index (χ0n) is 12.9. The van der Waals surface area contributed by atoms with Gasteiger partial charge in [0, 0.05) is 5.69 Å². The van der Waals surface area contributed by atoms with Gasteiger partial charge in [-0.15, -0.1) is 0 Å². The molecule has 1 amide bonds. The molecule has 0 bridgehead atoms. The number of H-pyrrole nitrogens is 1. The molecule has 2 aromatic rings. The van der Waals surface area contributed by atoms with Crippen LogP contribution in [-0.2, 0) is 0 Å². The fourth-order valence-corrected chi connectivity index (χ4v) is 3.02. The Labute approximate surface area is 133 Å². The first-order valence-corrected chi connectivity index (χ1v) is 7.94. The van der Waals surface area contributed by atoms with Crippen LogP contribution in [0.1, 0.15) is 41.7 Å². The highest BCUT2D eigenvalue weighted by molar-refractivity contribution is 6.07. The Hall–Kier alpha value is -2.56. The summed E-state index contributed by atoms with van der Waals surface area (Å²) >= 11 is 0. The van der Waals surface area contributed by atoms with Crippen LogP contribution >= 0.6 is 0 Å². The fraction of sp³-hybridized carbons (Fsp3) is 0.333. The molecule has 0 radical (unpaired) electrons. The molecule has 0 spiro atoms. The Bertz CT molecular complexity index is 823. The summed E-state index contributed by atoms with van der Waals surface area (Å²) in [7, 11) is 0. The van der Waals surface area contributed by atoms with E-state index in [0.29, 0.717) is 23.9 Å². The van der Waals surface area contributed by atoms with E-state index in [2.05, 4.69) is 4.98 Å². The maximum absolute atomic E-state index is 12.9. The number of benzene rings is 1. The molecule has 2 heterocycles. The molecule has 1 aromatic heterocycles. The first kappa shape index (κ1) is 14.1. The second kappa shape index (κ2) is 5.26. The van der Waals surface area contributed by atoms with Crippen molar-refractivity contribution in [2.75, 3.05) is 11.4 Å². The monoisotopic (exact) mass is 310 g/mol. The summed E-state index contributed by atoms with van der Waals surface area (Å²) < 4.78 is 5.76. The number of nitrogens with one attached hydrogen (secondary N) is 1. The van der Waals surface area contributed by atoms with Crippen LogP contribution in [0, 0.1) is 0 Å². The van der Waals surface area contributed by atoms with E-state index in [9.17, 15) is 9.59 Å². The smallest absolute Gasteiger partial charge is 0.264 e. The molecule has 1 fully saturated rings. The minimum Gasteiger partial charge on any atom is -0.487 e. The number of hydrogen-bond acceptors (Lipinski definition) is 3. The number of hydrogen-bond donors (Lipinski definition) is 1. The van der Waals surface area contributed by atoms with Crippen molar-refractivity contribution < 1.29 is 9.53 Å². The zero-order valence-corrected chi connectivity index (χ0v) is 12.9. The van der Waals surface area contributed by atoms with Gasteiger partial charge in [-0.25, -0.2) is 0 Å². The quantitative estimate of drug-likeness (QED) is 0.927. The van der Waals surface area contributed by atoms with Gasteiger partial charge in [0.15, 0.2) is 0 Å². The number of aromatic nitrogens is 1. The third-order valence-corrected chi connectivity index (χ3v) is 4.35. The molecule has 1 atom stereocenters. The molecule has 1 aromatic carbocycles. The summed E-state index contributed by atoms with van der Waals surface area (Å²) in [6, 6.07) is 10.9. The van der Waals surface area contributed by atoms with Gasteiger partial charge in [-0.05, 0) is 49.9 Å². The molecule has 118 valence electrons. The van der Waals surface area contributed by atoms with Gasteiger partial charge in [0.05, 0.1) is 12.2 Å². The van der Waals surface area contributed by atoms with Crippen molar-refractivity contribution in [2.45, 2.75) is 31.8 Å². The molecule has 1 aliphatic carbocycles. The highest BCUT2D eigenvalue weighted by atomic mass is 16.5. The zero-order chi connectivity index (χ0) is 16.0. The number of nitrogens with zero attached hydrogens (tertiary/aromatic N) is 1. The Morgan fingerprint density at radius 1 is 1.22 bits per heavy atom. The molecular weight excluding hydrogens is 292 g/mol. The topological polar surface area (TPSA) is 62.4 Å². The van der Waals surface area contributed by atoms with Gasteiger partial charge in [0.25, 0.3) is 11.5 Å². The molecule has 5 nitrogen and oxygen atoms in total. The number of pyridine rings is 1. The standard InChI is InChI=1S/C18H18N2O3/c1-11-10-20(15-4-2-3-5-16(15)23-11)18(22)13-8-9-14(12-6-7-12)19-17(13)21/h2-5,8-9,11-12H,6-7,10H2,1H3,(H,19,21). The van der Waals surface area contributed by atoms with E-state index in [1.54, 1.807) is 11.0 Å². The van der Waals surface area contributed by atoms with Gasteiger partial charge in [-0.2, -0.15) is 0 Å². The Kier molecular flexibility index (Phi) is 3.22. The lowest BCUT2D eigenvalue weighted by atomic mass is 10.1. The molecule has 1 unspecified atom stereocenters. The third kappa shape index (κ3) is 2.52. The third-order valence-electron chi connectivity index (χ3n) is 4.35. The van der Waals surface area contributed by atoms with Crippen LogP contribution in [0.5, 0.6) is 5.75 Å². The SMILES string of the molecule is CC1CN(C(=O)c2ccc(C3CC3)[nH]c2=O)c2ccccc2O1. The number of anilines is 1. The number of rotatable bonds is 2. The minimum absolute atomic E-state index is 0.112. The second-order valence-electron chi connectivity index (χ2n) is 6.24. The highest BCUT2D eigenvalue weighted by Gasteiger charge is 2.30. The number of amides is 1. The number of carbonyl (C=O) groups excluding carboxylic acids is 1. The van der Waals surface area contributed by atoms with Crippen LogP contribution in [0.4, 0.5) is 5.69 Å². The predicted molar refractivity (Wildman–Crippen MR) is 87.2 cm³/mol. The van der Waals surface area contributed by atoms with Gasteiger partial charge in [0.1, 0.15) is 17.4 Å². The van der Waals surface area contributed by atoms with Gasteiger partial charge < -0.3 is 14.6 Å². The highest BCUT2D eigenvalue weighted by Crippen LogP contribution is 2.38. The van der Waals surface area contributed by atoms with Crippen molar-refractivity contribution >= 4 is 11.6 Å². The van der Waals surface area contributed by atoms with E-state index >= 15 is 0 Å². The molecule has 2 aliphatic rings. The minimum atomic E-state index is -0.309. The fourth-order valence-electron chi connectivity index (χ4n) is 3.02. The summed E-state index contributed by atoms with van der Waals surface area (Å²) in [6.07, 6.45) is 2.11. The molecule has 5 heteroatoms. The van der Waals surface area contributed by atoms with Crippen molar-refractivity contribution in [1.29, 1.82) is 0 Å². The second-order valence-corrected chi connectivity index (χ2v) is 6.24. The van der Waals surface area contributed by atoms with Crippen molar-refractivity contribution in [3.63, 3.8) is 0 Å². The number of carbonyl (C=O) groups is 1. The largest absolute Gasteiger partial charge is 0.487 e. The van der Waals surface area contributed by atoms with E-state index in [4.69, 9.17) is 4.74 Å². The van der Waals surface area contributed by atoms with Gasteiger partial charge in [-0.3, -0.25) is 9.59 Å². The summed E-state index contributed by atoms with van der Waals surface area (Å²) in [5.74, 6) is 0.845. The van der Waals surface area contributed by atoms with E-state index in [1.165, 1.54) is 0 Å². The van der Waals surface area contributed by atoms with Gasteiger partial charge in [0.2, 0.25) is 0 Å².